The fourth-order valence-electron chi connectivity index (χ4n) is 2.00. The summed E-state index contributed by atoms with van der Waals surface area (Å²) in [6, 6.07) is 6.90. The topological polar surface area (TPSA) is 49.4 Å². The van der Waals surface area contributed by atoms with Crippen molar-refractivity contribution in [2.24, 2.45) is 0 Å². The molecule has 6 heteroatoms. The van der Waals surface area contributed by atoms with Gasteiger partial charge in [-0.05, 0) is 24.3 Å². The van der Waals surface area contributed by atoms with Gasteiger partial charge in [0.25, 0.3) is 0 Å². The van der Waals surface area contributed by atoms with Crippen LogP contribution in [0, 0.1) is 11.5 Å². The highest BCUT2D eigenvalue weighted by atomic mass is 32.2. The van der Waals surface area contributed by atoms with Crippen LogP contribution in [0.25, 0.3) is 0 Å². The number of hydrogen-bond donors (Lipinski definition) is 1. The molecule has 0 saturated carbocycles. The van der Waals surface area contributed by atoms with Crippen LogP contribution in [0.1, 0.15) is 5.56 Å². The van der Waals surface area contributed by atoms with Gasteiger partial charge in [0, 0.05) is 31.7 Å². The highest BCUT2D eigenvalue weighted by molar-refractivity contribution is 7.89. The quantitative estimate of drug-likeness (QED) is 0.663. The zero-order chi connectivity index (χ0) is 15.5. The van der Waals surface area contributed by atoms with Gasteiger partial charge in [-0.3, -0.25) is 0 Å². The molecule has 0 radical (unpaired) electrons. The summed E-state index contributed by atoms with van der Waals surface area (Å²) in [7, 11) is -4.78. The SMILES string of the molecule is C[Si](C)(C)C#Cc1ccc(S(=O)(=O)N2CCNCC2)cc1. The molecule has 0 unspecified atom stereocenters. The molecule has 1 aliphatic rings. The van der Waals surface area contributed by atoms with Crippen LogP contribution in [-0.4, -0.2) is 47.0 Å². The van der Waals surface area contributed by atoms with Crippen LogP contribution in [0.2, 0.25) is 19.6 Å². The molecule has 1 aromatic rings. The van der Waals surface area contributed by atoms with Gasteiger partial charge in [-0.1, -0.05) is 25.6 Å². The molecule has 1 aromatic carbocycles. The average molecular weight is 323 g/mol. The van der Waals surface area contributed by atoms with Crippen LogP contribution in [0.15, 0.2) is 29.2 Å². The van der Waals surface area contributed by atoms with E-state index in [1.54, 1.807) is 24.3 Å². The van der Waals surface area contributed by atoms with E-state index in [1.165, 1.54) is 4.31 Å². The summed E-state index contributed by atoms with van der Waals surface area (Å²) >= 11 is 0. The molecule has 1 N–H and O–H groups in total. The van der Waals surface area contributed by atoms with Crippen molar-refractivity contribution in [3.05, 3.63) is 29.8 Å². The minimum absolute atomic E-state index is 0.350. The average Bonchev–Trinajstić information content (AvgIpc) is 2.46. The fourth-order valence-corrected chi connectivity index (χ4v) is 3.96. The van der Waals surface area contributed by atoms with E-state index in [9.17, 15) is 8.42 Å². The van der Waals surface area contributed by atoms with Gasteiger partial charge in [-0.15, -0.1) is 5.54 Å². The summed E-state index contributed by atoms with van der Waals surface area (Å²) in [5.41, 5.74) is 4.15. The van der Waals surface area contributed by atoms with E-state index in [-0.39, 0.29) is 0 Å². The zero-order valence-electron chi connectivity index (χ0n) is 12.8. The predicted octanol–water partition coefficient (Wildman–Crippen LogP) is 1.51. The lowest BCUT2D eigenvalue weighted by Crippen LogP contribution is -2.46. The van der Waals surface area contributed by atoms with Crippen molar-refractivity contribution < 1.29 is 8.42 Å². The Morgan fingerprint density at radius 3 is 2.19 bits per heavy atom. The van der Waals surface area contributed by atoms with Crippen molar-refractivity contribution >= 4 is 18.1 Å². The molecule has 1 aliphatic heterocycles. The van der Waals surface area contributed by atoms with Gasteiger partial charge in [0.15, 0.2) is 0 Å². The Morgan fingerprint density at radius 2 is 1.67 bits per heavy atom. The van der Waals surface area contributed by atoms with Crippen LogP contribution in [0.4, 0.5) is 0 Å². The lowest BCUT2D eigenvalue weighted by Gasteiger charge is -2.26. The lowest BCUT2D eigenvalue weighted by atomic mass is 10.2. The lowest BCUT2D eigenvalue weighted by molar-refractivity contribution is 0.360. The van der Waals surface area contributed by atoms with E-state index in [0.29, 0.717) is 31.1 Å². The molecule has 0 aliphatic carbocycles. The van der Waals surface area contributed by atoms with Gasteiger partial charge >= 0.3 is 0 Å². The molecule has 114 valence electrons. The second kappa shape index (κ2) is 6.32. The molecular weight excluding hydrogens is 300 g/mol. The number of nitrogens with zero attached hydrogens (tertiary/aromatic N) is 1. The van der Waals surface area contributed by atoms with Crippen molar-refractivity contribution in [3.63, 3.8) is 0 Å². The van der Waals surface area contributed by atoms with Gasteiger partial charge in [-0.2, -0.15) is 4.31 Å². The second-order valence-electron chi connectivity index (χ2n) is 6.18. The Hall–Kier alpha value is -1.13. The molecule has 0 amide bonds. The van der Waals surface area contributed by atoms with Crippen LogP contribution in [0.3, 0.4) is 0 Å². The number of benzene rings is 1. The number of hydrogen-bond acceptors (Lipinski definition) is 3. The fraction of sp³-hybridized carbons (Fsp3) is 0.467. The van der Waals surface area contributed by atoms with E-state index < -0.39 is 18.1 Å². The first-order valence-electron chi connectivity index (χ1n) is 7.13. The standard InChI is InChI=1S/C15H22N2O2SSi/c1-21(2,3)13-8-14-4-6-15(7-5-14)20(18,19)17-11-9-16-10-12-17/h4-7,16H,9-12H2,1-3H3. The van der Waals surface area contributed by atoms with E-state index in [0.717, 1.165) is 5.56 Å². The van der Waals surface area contributed by atoms with Gasteiger partial charge in [-0.25, -0.2) is 8.42 Å². The highest BCUT2D eigenvalue weighted by Crippen LogP contribution is 2.16. The largest absolute Gasteiger partial charge is 0.314 e. The third-order valence-electron chi connectivity index (χ3n) is 3.15. The zero-order valence-corrected chi connectivity index (χ0v) is 14.6. The van der Waals surface area contributed by atoms with Gasteiger partial charge in [0.05, 0.1) is 4.90 Å². The van der Waals surface area contributed by atoms with Gasteiger partial charge < -0.3 is 5.32 Å². The molecule has 21 heavy (non-hydrogen) atoms. The predicted molar refractivity (Wildman–Crippen MR) is 88.3 cm³/mol. The summed E-state index contributed by atoms with van der Waals surface area (Å²) in [6.07, 6.45) is 0. The summed E-state index contributed by atoms with van der Waals surface area (Å²) in [5.74, 6) is 3.14. The highest BCUT2D eigenvalue weighted by Gasteiger charge is 2.25. The van der Waals surface area contributed by atoms with Crippen molar-refractivity contribution in [2.45, 2.75) is 24.5 Å². The van der Waals surface area contributed by atoms with E-state index in [1.807, 2.05) is 0 Å². The first-order chi connectivity index (χ1) is 9.79. The molecule has 1 heterocycles. The molecular formula is C15H22N2O2SSi. The molecule has 4 nitrogen and oxygen atoms in total. The molecule has 0 atom stereocenters. The van der Waals surface area contributed by atoms with Crippen molar-refractivity contribution in [1.29, 1.82) is 0 Å². The molecule has 1 fully saturated rings. The van der Waals surface area contributed by atoms with Crippen molar-refractivity contribution in [3.8, 4) is 11.5 Å². The Bertz CT molecular complexity index is 646. The number of rotatable bonds is 2. The molecule has 0 bridgehead atoms. The smallest absolute Gasteiger partial charge is 0.243 e. The number of piperazine rings is 1. The minimum atomic E-state index is -3.37. The Labute approximate surface area is 128 Å². The monoisotopic (exact) mass is 322 g/mol. The summed E-state index contributed by atoms with van der Waals surface area (Å²) in [5, 5.41) is 3.16. The van der Waals surface area contributed by atoms with E-state index in [4.69, 9.17) is 0 Å². The maximum Gasteiger partial charge on any atom is 0.243 e. The second-order valence-corrected chi connectivity index (χ2v) is 12.9. The van der Waals surface area contributed by atoms with Crippen molar-refractivity contribution in [2.75, 3.05) is 26.2 Å². The van der Waals surface area contributed by atoms with Gasteiger partial charge in [0.1, 0.15) is 8.07 Å². The number of sulfonamides is 1. The first kappa shape index (κ1) is 16.2. The molecule has 0 spiro atoms. The third-order valence-corrected chi connectivity index (χ3v) is 5.94. The van der Waals surface area contributed by atoms with Crippen LogP contribution in [-0.2, 0) is 10.0 Å². The molecule has 0 aromatic heterocycles. The maximum atomic E-state index is 12.5. The van der Waals surface area contributed by atoms with Crippen LogP contribution < -0.4 is 5.32 Å². The summed E-state index contributed by atoms with van der Waals surface area (Å²) in [6.45, 7) is 9.02. The maximum absolute atomic E-state index is 12.5. The minimum Gasteiger partial charge on any atom is -0.314 e. The Morgan fingerprint density at radius 1 is 1.10 bits per heavy atom. The normalized spacial score (nSPS) is 17.1. The molecule has 1 saturated heterocycles. The molecule has 2 rings (SSSR count). The third kappa shape index (κ3) is 4.42. The van der Waals surface area contributed by atoms with E-state index >= 15 is 0 Å². The van der Waals surface area contributed by atoms with E-state index in [2.05, 4.69) is 36.4 Å². The summed E-state index contributed by atoms with van der Waals surface area (Å²) < 4.78 is 26.5. The van der Waals surface area contributed by atoms with Crippen LogP contribution in [0.5, 0.6) is 0 Å². The number of nitrogens with one attached hydrogen (secondary N) is 1. The van der Waals surface area contributed by atoms with Crippen LogP contribution >= 0.6 is 0 Å². The van der Waals surface area contributed by atoms with Gasteiger partial charge in [0.2, 0.25) is 10.0 Å². The summed E-state index contributed by atoms with van der Waals surface area (Å²) in [4.78, 5) is 0.350. The first-order valence-corrected chi connectivity index (χ1v) is 12.1. The Balaban J connectivity index is 2.19. The Kier molecular flexibility index (Phi) is 4.89. The van der Waals surface area contributed by atoms with Crippen molar-refractivity contribution in [1.82, 2.24) is 9.62 Å².